The molecule has 116 valence electrons. The molecule has 0 saturated heterocycles. The van der Waals surface area contributed by atoms with Gasteiger partial charge in [-0.05, 0) is 74.0 Å². The maximum Gasteiger partial charge on any atom is 0.00684 e. The molecule has 0 aromatic heterocycles. The summed E-state index contributed by atoms with van der Waals surface area (Å²) in [6, 6.07) is 0.883. The SMILES string of the molecule is CC(C)(C)C1CCC(CNC2CC2)(C2CCCC2)CC1. The van der Waals surface area contributed by atoms with Crippen molar-refractivity contribution in [3.8, 4) is 0 Å². The van der Waals surface area contributed by atoms with Crippen molar-refractivity contribution in [3.63, 3.8) is 0 Å². The van der Waals surface area contributed by atoms with E-state index >= 15 is 0 Å². The molecule has 1 nitrogen and oxygen atoms in total. The third kappa shape index (κ3) is 3.24. The fourth-order valence-corrected chi connectivity index (χ4v) is 4.96. The molecule has 0 radical (unpaired) electrons. The molecule has 1 heteroatoms. The first-order valence-electron chi connectivity index (χ1n) is 9.23. The molecule has 0 amide bonds. The van der Waals surface area contributed by atoms with Crippen LogP contribution in [0.3, 0.4) is 0 Å². The smallest absolute Gasteiger partial charge is 0.00684 e. The van der Waals surface area contributed by atoms with Crippen molar-refractivity contribution in [3.05, 3.63) is 0 Å². The number of nitrogens with one attached hydrogen (secondary N) is 1. The second-order valence-electron chi connectivity index (χ2n) is 9.14. The summed E-state index contributed by atoms with van der Waals surface area (Å²) in [5.74, 6) is 1.99. The molecule has 0 aromatic rings. The Labute approximate surface area is 126 Å². The Morgan fingerprint density at radius 3 is 2.00 bits per heavy atom. The van der Waals surface area contributed by atoms with Crippen LogP contribution in [0.15, 0.2) is 0 Å². The van der Waals surface area contributed by atoms with Crippen LogP contribution in [-0.4, -0.2) is 12.6 Å². The molecule has 20 heavy (non-hydrogen) atoms. The average Bonchev–Trinajstić information content (AvgIpc) is 3.07. The molecule has 0 spiro atoms. The van der Waals surface area contributed by atoms with Gasteiger partial charge in [-0.3, -0.25) is 0 Å². The summed E-state index contributed by atoms with van der Waals surface area (Å²) < 4.78 is 0. The standard InChI is InChI=1S/C19H35N/c1-18(2,3)15-10-12-19(13-11-15,14-20-17-8-9-17)16-6-4-5-7-16/h15-17,20H,4-14H2,1-3H3. The van der Waals surface area contributed by atoms with E-state index in [0.29, 0.717) is 10.8 Å². The van der Waals surface area contributed by atoms with Crippen LogP contribution in [0.25, 0.3) is 0 Å². The van der Waals surface area contributed by atoms with E-state index in [2.05, 4.69) is 26.1 Å². The van der Waals surface area contributed by atoms with E-state index in [9.17, 15) is 0 Å². The molecule has 0 aliphatic heterocycles. The van der Waals surface area contributed by atoms with Gasteiger partial charge in [0.15, 0.2) is 0 Å². The predicted octanol–water partition coefficient (Wildman–Crippen LogP) is 5.15. The zero-order chi connectivity index (χ0) is 14.2. The zero-order valence-electron chi connectivity index (χ0n) is 14.0. The molecule has 0 aromatic carbocycles. The largest absolute Gasteiger partial charge is 0.313 e. The summed E-state index contributed by atoms with van der Waals surface area (Å²) >= 11 is 0. The van der Waals surface area contributed by atoms with Crippen LogP contribution in [0.5, 0.6) is 0 Å². The lowest BCUT2D eigenvalue weighted by Gasteiger charge is -2.48. The van der Waals surface area contributed by atoms with Gasteiger partial charge in [0.2, 0.25) is 0 Å². The van der Waals surface area contributed by atoms with E-state index in [0.717, 1.165) is 17.9 Å². The van der Waals surface area contributed by atoms with Crippen molar-refractivity contribution in [1.29, 1.82) is 0 Å². The van der Waals surface area contributed by atoms with Crippen molar-refractivity contribution in [1.82, 2.24) is 5.32 Å². The summed E-state index contributed by atoms with van der Waals surface area (Å²) in [5.41, 5.74) is 1.19. The maximum atomic E-state index is 3.90. The lowest BCUT2D eigenvalue weighted by Crippen LogP contribution is -2.44. The molecule has 3 rings (SSSR count). The van der Waals surface area contributed by atoms with E-state index < -0.39 is 0 Å². The number of hydrogen-bond acceptors (Lipinski definition) is 1. The van der Waals surface area contributed by atoms with Crippen LogP contribution >= 0.6 is 0 Å². The van der Waals surface area contributed by atoms with E-state index in [1.807, 2.05) is 0 Å². The van der Waals surface area contributed by atoms with Crippen LogP contribution in [0, 0.1) is 22.7 Å². The average molecular weight is 277 g/mol. The topological polar surface area (TPSA) is 12.0 Å². The van der Waals surface area contributed by atoms with Crippen LogP contribution in [0.2, 0.25) is 0 Å². The first-order valence-corrected chi connectivity index (χ1v) is 9.23. The number of hydrogen-bond donors (Lipinski definition) is 1. The van der Waals surface area contributed by atoms with Gasteiger partial charge in [-0.1, -0.05) is 33.6 Å². The van der Waals surface area contributed by atoms with Gasteiger partial charge in [-0.25, -0.2) is 0 Å². The van der Waals surface area contributed by atoms with E-state index in [1.165, 1.54) is 70.8 Å². The fraction of sp³-hybridized carbons (Fsp3) is 1.00. The highest BCUT2D eigenvalue weighted by atomic mass is 15.0. The van der Waals surface area contributed by atoms with Gasteiger partial charge in [0.05, 0.1) is 0 Å². The summed E-state index contributed by atoms with van der Waals surface area (Å²) in [4.78, 5) is 0. The molecule has 0 unspecified atom stereocenters. The lowest BCUT2D eigenvalue weighted by molar-refractivity contribution is 0.0402. The van der Waals surface area contributed by atoms with Gasteiger partial charge in [-0.15, -0.1) is 0 Å². The van der Waals surface area contributed by atoms with Gasteiger partial charge < -0.3 is 5.32 Å². The van der Waals surface area contributed by atoms with Gasteiger partial charge in [-0.2, -0.15) is 0 Å². The number of rotatable bonds is 4. The first kappa shape index (κ1) is 14.9. The van der Waals surface area contributed by atoms with E-state index in [-0.39, 0.29) is 0 Å². The molecule has 0 bridgehead atoms. The minimum Gasteiger partial charge on any atom is -0.313 e. The van der Waals surface area contributed by atoms with Gasteiger partial charge >= 0.3 is 0 Å². The molecule has 0 atom stereocenters. The molecule has 3 saturated carbocycles. The monoisotopic (exact) mass is 277 g/mol. The molecule has 0 heterocycles. The molecule has 3 aliphatic rings. The quantitative estimate of drug-likeness (QED) is 0.749. The molecule has 1 N–H and O–H groups in total. The Morgan fingerprint density at radius 2 is 1.50 bits per heavy atom. The third-order valence-electron chi connectivity index (χ3n) is 6.75. The minimum atomic E-state index is 0.520. The van der Waals surface area contributed by atoms with Gasteiger partial charge in [0, 0.05) is 12.6 Å². The first-order chi connectivity index (χ1) is 9.50. The van der Waals surface area contributed by atoms with Gasteiger partial charge in [0.25, 0.3) is 0 Å². The molecular formula is C19H35N. The fourth-order valence-electron chi connectivity index (χ4n) is 4.96. The molecule has 3 fully saturated rings. The summed E-state index contributed by atoms with van der Waals surface area (Å²) in [5, 5.41) is 3.90. The van der Waals surface area contributed by atoms with Crippen molar-refractivity contribution >= 4 is 0 Å². The molecule has 3 aliphatic carbocycles. The van der Waals surface area contributed by atoms with E-state index in [4.69, 9.17) is 0 Å². The Morgan fingerprint density at radius 1 is 0.900 bits per heavy atom. The lowest BCUT2D eigenvalue weighted by atomic mass is 9.59. The zero-order valence-corrected chi connectivity index (χ0v) is 14.0. The van der Waals surface area contributed by atoms with Crippen molar-refractivity contribution in [2.24, 2.45) is 22.7 Å². The van der Waals surface area contributed by atoms with E-state index in [1.54, 1.807) is 0 Å². The van der Waals surface area contributed by atoms with Crippen LogP contribution in [-0.2, 0) is 0 Å². The Bertz CT molecular complexity index is 309. The second-order valence-corrected chi connectivity index (χ2v) is 9.14. The highest BCUT2D eigenvalue weighted by molar-refractivity contribution is 4.97. The second kappa shape index (κ2) is 5.63. The third-order valence-corrected chi connectivity index (χ3v) is 6.75. The van der Waals surface area contributed by atoms with Crippen molar-refractivity contribution in [2.75, 3.05) is 6.54 Å². The Balaban J connectivity index is 1.64. The summed E-state index contributed by atoms with van der Waals surface area (Å²) in [6.45, 7) is 8.67. The normalized spacial score (nSPS) is 36.5. The van der Waals surface area contributed by atoms with Crippen molar-refractivity contribution in [2.45, 2.75) is 91.0 Å². The van der Waals surface area contributed by atoms with Crippen molar-refractivity contribution < 1.29 is 0 Å². The predicted molar refractivity (Wildman–Crippen MR) is 86.8 cm³/mol. The highest BCUT2D eigenvalue weighted by Crippen LogP contribution is 2.52. The van der Waals surface area contributed by atoms with Gasteiger partial charge in [0.1, 0.15) is 0 Å². The highest BCUT2D eigenvalue weighted by Gasteiger charge is 2.44. The minimum absolute atomic E-state index is 0.520. The van der Waals surface area contributed by atoms with Crippen LogP contribution in [0.1, 0.15) is 85.0 Å². The Kier molecular flexibility index (Phi) is 4.19. The van der Waals surface area contributed by atoms with Crippen LogP contribution in [0.4, 0.5) is 0 Å². The summed E-state index contributed by atoms with van der Waals surface area (Å²) in [6.07, 6.45) is 14.9. The van der Waals surface area contributed by atoms with Crippen LogP contribution < -0.4 is 5.32 Å². The Hall–Kier alpha value is -0.0400. The molecular weight excluding hydrogens is 242 g/mol. The maximum absolute atomic E-state index is 3.90. The summed E-state index contributed by atoms with van der Waals surface area (Å²) in [7, 11) is 0.